The molecule has 0 saturated carbocycles. The monoisotopic (exact) mass is 414 g/mol. The summed E-state index contributed by atoms with van der Waals surface area (Å²) in [6, 6.07) is 12.5. The Balaban J connectivity index is 1.67. The number of anilines is 1. The Kier molecular flexibility index (Phi) is 7.26. The minimum Gasteiger partial charge on any atom is -0.394 e. The van der Waals surface area contributed by atoms with Crippen LogP contribution in [-0.4, -0.2) is 59.3 Å². The Bertz CT molecular complexity index is 900. The smallest absolute Gasteiger partial charge is 0.250 e. The van der Waals surface area contributed by atoms with Crippen molar-refractivity contribution in [3.63, 3.8) is 0 Å². The molecular formula is C22H24F2N4O2. The summed E-state index contributed by atoms with van der Waals surface area (Å²) in [5.41, 5.74) is 1.49. The number of rotatable bonds is 7. The minimum atomic E-state index is -0.795. The van der Waals surface area contributed by atoms with Crippen LogP contribution in [0.15, 0.2) is 60.3 Å². The Hall–Kier alpha value is -3.10. The van der Waals surface area contributed by atoms with Crippen molar-refractivity contribution < 1.29 is 18.7 Å². The van der Waals surface area contributed by atoms with Gasteiger partial charge in [-0.05, 0) is 17.7 Å². The number of nitrogens with one attached hydrogen (secondary N) is 2. The maximum atomic E-state index is 13.3. The Morgan fingerprint density at radius 3 is 2.50 bits per heavy atom. The van der Waals surface area contributed by atoms with E-state index in [2.05, 4.69) is 10.2 Å². The molecular weight excluding hydrogens is 390 g/mol. The molecule has 1 saturated heterocycles. The summed E-state index contributed by atoms with van der Waals surface area (Å²) in [5, 5.41) is 20.0. The third-order valence-corrected chi connectivity index (χ3v) is 4.92. The van der Waals surface area contributed by atoms with Crippen LogP contribution in [0.1, 0.15) is 5.56 Å². The SMILES string of the molecule is N=C/C(=C\C(=O)Nc1cc(F)cc(F)c1)N1CCN(Cc2ccccc2)CC1CO. The number of benzene rings is 2. The van der Waals surface area contributed by atoms with Gasteiger partial charge in [0.1, 0.15) is 11.6 Å². The predicted octanol–water partition coefficient (Wildman–Crippen LogP) is 2.62. The molecule has 0 spiro atoms. The van der Waals surface area contributed by atoms with E-state index in [4.69, 9.17) is 5.41 Å². The molecule has 2 aromatic rings. The fourth-order valence-electron chi connectivity index (χ4n) is 3.55. The normalized spacial score (nSPS) is 17.6. The molecule has 8 heteroatoms. The van der Waals surface area contributed by atoms with Gasteiger partial charge >= 0.3 is 0 Å². The summed E-state index contributed by atoms with van der Waals surface area (Å²) < 4.78 is 26.6. The summed E-state index contributed by atoms with van der Waals surface area (Å²) in [4.78, 5) is 16.3. The van der Waals surface area contributed by atoms with E-state index in [1.165, 1.54) is 11.6 Å². The third-order valence-electron chi connectivity index (χ3n) is 4.92. The van der Waals surface area contributed by atoms with Crippen LogP contribution in [0.2, 0.25) is 0 Å². The standard InChI is InChI=1S/C22H24F2N4O2/c23-17-8-18(24)10-19(9-17)26-22(30)11-20(12-25)28-7-6-27(14-21(28)15-29)13-16-4-2-1-3-5-16/h1-5,8-12,21,25,29H,6-7,13-15H2,(H,26,30)/b20-11+,25-12?. The Morgan fingerprint density at radius 2 is 1.87 bits per heavy atom. The number of carbonyl (C=O) groups excluding carboxylic acids is 1. The van der Waals surface area contributed by atoms with Crippen LogP contribution < -0.4 is 5.32 Å². The lowest BCUT2D eigenvalue weighted by atomic mass is 10.1. The van der Waals surface area contributed by atoms with Crippen LogP contribution in [0.4, 0.5) is 14.5 Å². The van der Waals surface area contributed by atoms with Gasteiger partial charge in [-0.25, -0.2) is 8.78 Å². The van der Waals surface area contributed by atoms with Crippen molar-refractivity contribution in [1.82, 2.24) is 9.80 Å². The van der Waals surface area contributed by atoms with Crippen molar-refractivity contribution in [2.24, 2.45) is 0 Å². The molecule has 1 aliphatic rings. The fourth-order valence-corrected chi connectivity index (χ4v) is 3.55. The van der Waals surface area contributed by atoms with Gasteiger partial charge in [-0.2, -0.15) is 0 Å². The number of hydrogen-bond donors (Lipinski definition) is 3. The maximum absolute atomic E-state index is 13.3. The maximum Gasteiger partial charge on any atom is 0.250 e. The Morgan fingerprint density at radius 1 is 1.17 bits per heavy atom. The molecule has 3 rings (SSSR count). The molecule has 1 aliphatic heterocycles. The predicted molar refractivity (Wildman–Crippen MR) is 111 cm³/mol. The zero-order valence-corrected chi connectivity index (χ0v) is 16.4. The van der Waals surface area contributed by atoms with E-state index in [-0.39, 0.29) is 18.3 Å². The van der Waals surface area contributed by atoms with Crippen molar-refractivity contribution in [2.75, 3.05) is 31.6 Å². The first kappa shape index (κ1) is 21.6. The van der Waals surface area contributed by atoms with Gasteiger partial charge < -0.3 is 20.7 Å². The summed E-state index contributed by atoms with van der Waals surface area (Å²) in [5.74, 6) is -2.20. The van der Waals surface area contributed by atoms with E-state index < -0.39 is 17.5 Å². The molecule has 6 nitrogen and oxygen atoms in total. The number of allylic oxidation sites excluding steroid dienone is 1. The number of amides is 1. The zero-order valence-electron chi connectivity index (χ0n) is 16.4. The van der Waals surface area contributed by atoms with E-state index in [1.54, 1.807) is 4.90 Å². The molecule has 1 amide bonds. The molecule has 2 aromatic carbocycles. The average Bonchev–Trinajstić information content (AvgIpc) is 2.72. The number of piperazine rings is 1. The molecule has 1 unspecified atom stereocenters. The van der Waals surface area contributed by atoms with Gasteiger partial charge in [-0.15, -0.1) is 0 Å². The van der Waals surface area contributed by atoms with Crippen LogP contribution >= 0.6 is 0 Å². The van der Waals surface area contributed by atoms with Crippen molar-refractivity contribution in [3.8, 4) is 0 Å². The van der Waals surface area contributed by atoms with E-state index in [0.29, 0.717) is 25.3 Å². The van der Waals surface area contributed by atoms with Gasteiger partial charge in [-0.1, -0.05) is 30.3 Å². The molecule has 1 atom stereocenters. The highest BCUT2D eigenvalue weighted by atomic mass is 19.1. The summed E-state index contributed by atoms with van der Waals surface area (Å²) in [7, 11) is 0. The number of halogens is 2. The van der Waals surface area contributed by atoms with Crippen LogP contribution in [-0.2, 0) is 11.3 Å². The Labute approximate surface area is 173 Å². The molecule has 0 radical (unpaired) electrons. The molecule has 0 aromatic heterocycles. The summed E-state index contributed by atoms with van der Waals surface area (Å²) in [6.07, 6.45) is 2.24. The van der Waals surface area contributed by atoms with Crippen LogP contribution in [0.25, 0.3) is 0 Å². The number of aliphatic hydroxyl groups excluding tert-OH is 1. The second-order valence-electron chi connectivity index (χ2n) is 7.11. The number of aliphatic hydroxyl groups is 1. The van der Waals surface area contributed by atoms with E-state index in [9.17, 15) is 18.7 Å². The summed E-state index contributed by atoms with van der Waals surface area (Å²) in [6.45, 7) is 2.43. The van der Waals surface area contributed by atoms with E-state index in [1.807, 2.05) is 30.3 Å². The first-order valence-corrected chi connectivity index (χ1v) is 9.61. The highest BCUT2D eigenvalue weighted by Crippen LogP contribution is 2.18. The van der Waals surface area contributed by atoms with Crippen LogP contribution in [0, 0.1) is 17.0 Å². The van der Waals surface area contributed by atoms with Crippen molar-refractivity contribution in [3.05, 3.63) is 77.5 Å². The van der Waals surface area contributed by atoms with Crippen molar-refractivity contribution in [2.45, 2.75) is 12.6 Å². The zero-order chi connectivity index (χ0) is 21.5. The van der Waals surface area contributed by atoms with Crippen molar-refractivity contribution >= 4 is 17.8 Å². The highest BCUT2D eigenvalue weighted by molar-refractivity contribution is 6.02. The lowest BCUT2D eigenvalue weighted by Gasteiger charge is -2.42. The van der Waals surface area contributed by atoms with E-state index in [0.717, 1.165) is 31.0 Å². The number of nitrogens with zero attached hydrogens (tertiary/aromatic N) is 2. The molecule has 30 heavy (non-hydrogen) atoms. The number of carbonyl (C=O) groups is 1. The second kappa shape index (κ2) is 10.1. The molecule has 0 aliphatic carbocycles. The van der Waals surface area contributed by atoms with Gasteiger partial charge in [0.25, 0.3) is 5.91 Å². The summed E-state index contributed by atoms with van der Waals surface area (Å²) >= 11 is 0. The highest BCUT2D eigenvalue weighted by Gasteiger charge is 2.27. The fraction of sp³-hybridized carbons (Fsp3) is 0.273. The largest absolute Gasteiger partial charge is 0.394 e. The first-order valence-electron chi connectivity index (χ1n) is 9.61. The first-order chi connectivity index (χ1) is 14.5. The minimum absolute atomic E-state index is 0.00975. The second-order valence-corrected chi connectivity index (χ2v) is 7.11. The van der Waals surface area contributed by atoms with Gasteiger partial charge in [0.2, 0.25) is 0 Å². The van der Waals surface area contributed by atoms with Gasteiger partial charge in [0.05, 0.1) is 18.3 Å². The van der Waals surface area contributed by atoms with Crippen LogP contribution in [0.3, 0.4) is 0 Å². The van der Waals surface area contributed by atoms with Crippen molar-refractivity contribution in [1.29, 1.82) is 5.41 Å². The molecule has 0 bridgehead atoms. The molecule has 3 N–H and O–H groups in total. The molecule has 1 fully saturated rings. The van der Waals surface area contributed by atoms with Gasteiger partial charge in [-0.3, -0.25) is 9.69 Å². The lowest BCUT2D eigenvalue weighted by molar-refractivity contribution is -0.112. The lowest BCUT2D eigenvalue weighted by Crippen LogP contribution is -2.54. The quantitative estimate of drug-likeness (QED) is 0.481. The van der Waals surface area contributed by atoms with Gasteiger partial charge in [0, 0.05) is 50.2 Å². The number of hydrogen-bond acceptors (Lipinski definition) is 5. The van der Waals surface area contributed by atoms with Crippen LogP contribution in [0.5, 0.6) is 0 Å². The van der Waals surface area contributed by atoms with E-state index >= 15 is 0 Å². The topological polar surface area (TPSA) is 79.7 Å². The average molecular weight is 414 g/mol. The molecule has 158 valence electrons. The third kappa shape index (κ3) is 5.71. The van der Waals surface area contributed by atoms with Gasteiger partial charge in [0.15, 0.2) is 0 Å². The molecule has 1 heterocycles.